The van der Waals surface area contributed by atoms with Gasteiger partial charge in [0.2, 0.25) is 0 Å². The molecule has 0 atom stereocenters. The van der Waals surface area contributed by atoms with E-state index in [1.54, 1.807) is 0 Å². The minimum absolute atomic E-state index is 0.424. The SMILES string of the molecule is C1CC2(C1)COC2.C1CCC1.C1CCC2(CC1)COC2.C1CCCCC1.C1CCCCC1.C1COC1.CC(C)C.CC(C)C.CC(C)C.CC(C)C.CC(C)C.CC(C)C.CC(C)C.CC(C)C.CC(C)C.CC(C)C.CC(C)C.O=S1(=O)CCCCC1.c1ccc2c(c1)CCCN2.c1ccc2c(c1)CCCNC2.c1ccc2c(c1)CCNC2.c1ccc2c(c1)CNC2. The van der Waals surface area contributed by atoms with E-state index in [2.05, 4.69) is 347 Å². The number of aryl methyl sites for hydroxylation is 2. The minimum Gasteiger partial charge on any atom is -0.385 e. The molecular weight excluding hydrogens is 1590 g/mol. The summed E-state index contributed by atoms with van der Waals surface area (Å²) in [5.41, 5.74) is 13.1. The van der Waals surface area contributed by atoms with Crippen molar-refractivity contribution in [3.63, 3.8) is 0 Å². The fraction of sp³-hybridized carbons (Fsp3) is 0.797. The Morgan fingerprint density at radius 3 is 0.688 bits per heavy atom. The van der Waals surface area contributed by atoms with E-state index in [1.807, 2.05) is 0 Å². The molecule has 5 aliphatic carbocycles. The lowest BCUT2D eigenvalue weighted by Gasteiger charge is -2.48. The first-order chi connectivity index (χ1) is 60.5. The topological polar surface area (TPSA) is 110 Å². The van der Waals surface area contributed by atoms with Crippen molar-refractivity contribution in [3.05, 3.63) is 136 Å². The molecule has 8 heterocycles. The molecule has 17 rings (SSSR count). The van der Waals surface area contributed by atoms with Crippen molar-refractivity contribution in [1.82, 2.24) is 16.0 Å². The maximum atomic E-state index is 10.7. The summed E-state index contributed by atoms with van der Waals surface area (Å²) in [6.45, 7) is 85.4. The second kappa shape index (κ2) is 91.2. The normalized spacial score (nSPS) is 17.8. The molecule has 0 unspecified atom stereocenters. The molecule has 4 N–H and O–H groups in total. The third-order valence-electron chi connectivity index (χ3n) is 18.9. The van der Waals surface area contributed by atoms with Crippen LogP contribution in [0.3, 0.4) is 0 Å². The highest BCUT2D eigenvalue weighted by Crippen LogP contribution is 2.46. The summed E-state index contributed by atoms with van der Waals surface area (Å²) in [6.07, 6.45) is 45.9. The number of fused-ring (bicyclic) bond motifs is 4. The quantitative estimate of drug-likeness (QED) is 0.137. The fourth-order valence-electron chi connectivity index (χ4n) is 12.4. The predicted molar refractivity (Wildman–Crippen MR) is 579 cm³/mol. The van der Waals surface area contributed by atoms with Crippen molar-refractivity contribution >= 4 is 15.5 Å². The number of nitrogens with one attached hydrogen (secondary N) is 4. The van der Waals surface area contributed by atoms with Crippen LogP contribution in [0.1, 0.15) is 460 Å². The molecule has 4 saturated heterocycles. The van der Waals surface area contributed by atoms with E-state index in [4.69, 9.17) is 14.2 Å². The van der Waals surface area contributed by atoms with E-state index in [0.29, 0.717) is 16.9 Å². The van der Waals surface area contributed by atoms with Gasteiger partial charge in [-0.1, -0.05) is 454 Å². The van der Waals surface area contributed by atoms with Gasteiger partial charge in [0.25, 0.3) is 0 Å². The van der Waals surface area contributed by atoms with Crippen molar-refractivity contribution in [1.29, 1.82) is 0 Å². The van der Waals surface area contributed by atoms with Gasteiger partial charge in [0, 0.05) is 62.5 Å². The largest absolute Gasteiger partial charge is 0.385 e. The van der Waals surface area contributed by atoms with Gasteiger partial charge in [0.15, 0.2) is 0 Å². The Morgan fingerprint density at radius 2 is 0.453 bits per heavy atom. The third-order valence-corrected chi connectivity index (χ3v) is 20.7. The van der Waals surface area contributed by atoms with Gasteiger partial charge in [-0.15, -0.1) is 0 Å². The summed E-state index contributed by atoms with van der Waals surface area (Å²) >= 11 is 0. The van der Waals surface area contributed by atoms with Gasteiger partial charge in [-0.25, -0.2) is 8.42 Å². The molecule has 0 bridgehead atoms. The standard InChI is InChI=1S/C10H13N.2C9H11N.C8H9N.C8H14O.C6H10O.2C6H12.C5H10O2S.C4H8.11C4H10.C3H6O/c1-2-5-10-8-11-7-3-6-9(10)4-1;1-2-6-9-8(4-1)5-3-7-10-9;1-2-4-9-7-10-6-5-8(9)3-1;1-2-4-8-6-9-5-7(8)3-1;1-2-4-8(5-3-1)6-9-7-8;1-2-6(3-1)4-7-5-6;2*1-2-4-6-5-3-1;6-8(7)4-2-1-3-5-8;1-2-4-3-1;11*1-4(2)3;1-2-4-3-1/h1-2,4-5,11H,3,6-8H2;1-2,4,6,10H,3,5,7H2;1-4,10H,5-7H2;1-4,9H,5-6H2;1-7H2;1-5H2;2*1-6H2;1-5H2;1-4H2;11*4H,1-3H3;1-3H2. The molecule has 2 spiro atoms. The average Bonchev–Trinajstić information content (AvgIpc) is 0.844. The molecule has 0 aromatic heterocycles. The lowest BCUT2D eigenvalue weighted by molar-refractivity contribution is -0.155. The number of para-hydroxylation sites is 1. The van der Waals surface area contributed by atoms with Gasteiger partial charge in [0.1, 0.15) is 9.84 Å². The number of anilines is 1. The van der Waals surface area contributed by atoms with Gasteiger partial charge >= 0.3 is 0 Å². The lowest BCUT2D eigenvalue weighted by atomic mass is 9.67. The molecule has 9 nitrogen and oxygen atoms in total. The summed E-state index contributed by atoms with van der Waals surface area (Å²) in [4.78, 5) is 0. The van der Waals surface area contributed by atoms with Gasteiger partial charge < -0.3 is 35.5 Å². The number of rotatable bonds is 0. The van der Waals surface area contributed by atoms with Crippen LogP contribution in [-0.4, -0.2) is 79.2 Å². The maximum Gasteiger partial charge on any atom is 0.150 e. The first-order valence-corrected chi connectivity index (χ1v) is 55.4. The third kappa shape index (κ3) is 103. The maximum absolute atomic E-state index is 10.7. The van der Waals surface area contributed by atoms with E-state index in [-0.39, 0.29) is 0 Å². The molecule has 5 saturated carbocycles. The van der Waals surface area contributed by atoms with Crippen molar-refractivity contribution < 1.29 is 22.6 Å². The molecule has 9 fully saturated rings. The molecule has 10 heteroatoms. The first kappa shape index (κ1) is 133. The van der Waals surface area contributed by atoms with E-state index in [9.17, 15) is 8.42 Å². The Bertz CT molecular complexity index is 2630. The van der Waals surface area contributed by atoms with Crippen LogP contribution in [0.2, 0.25) is 0 Å². The smallest absolute Gasteiger partial charge is 0.150 e. The second-order valence-electron chi connectivity index (χ2n) is 45.1. The first-order valence-electron chi connectivity index (χ1n) is 53.5. The zero-order valence-corrected chi connectivity index (χ0v) is 92.8. The van der Waals surface area contributed by atoms with Gasteiger partial charge in [-0.2, -0.15) is 0 Å². The number of hydrogen-bond acceptors (Lipinski definition) is 9. The van der Waals surface area contributed by atoms with Crippen molar-refractivity contribution in [2.24, 2.45) is 75.9 Å². The summed E-state index contributed by atoms with van der Waals surface area (Å²) in [6, 6.07) is 34.4. The lowest BCUT2D eigenvalue weighted by Crippen LogP contribution is -2.47. The van der Waals surface area contributed by atoms with Crippen molar-refractivity contribution in [2.75, 3.05) is 76.1 Å². The molecule has 4 aromatic rings. The Balaban J connectivity index is -0.000000418. The molecule has 754 valence electrons. The highest BCUT2D eigenvalue weighted by Gasteiger charge is 2.43. The van der Waals surface area contributed by atoms with E-state index >= 15 is 0 Å². The number of sulfone groups is 1. The molecule has 0 radical (unpaired) electrons. The summed E-state index contributed by atoms with van der Waals surface area (Å²) in [7, 11) is -2.58. The summed E-state index contributed by atoms with van der Waals surface area (Å²) in [5, 5.41) is 13.4. The van der Waals surface area contributed by atoms with E-state index in [0.717, 1.165) is 175 Å². The van der Waals surface area contributed by atoms with Crippen LogP contribution in [0.5, 0.6) is 0 Å². The van der Waals surface area contributed by atoms with Crippen molar-refractivity contribution in [2.45, 2.75) is 467 Å². The average molecular weight is 1810 g/mol. The van der Waals surface area contributed by atoms with Crippen LogP contribution in [0.4, 0.5) is 5.69 Å². The molecule has 128 heavy (non-hydrogen) atoms. The Labute approximate surface area is 803 Å². The molecule has 0 amide bonds. The minimum atomic E-state index is -2.58. The Kier molecular flexibility index (Phi) is 94.6. The van der Waals surface area contributed by atoms with Gasteiger partial charge in [-0.3, -0.25) is 0 Å². The van der Waals surface area contributed by atoms with Crippen LogP contribution < -0.4 is 21.3 Å². The Morgan fingerprint density at radius 1 is 0.234 bits per heavy atom. The highest BCUT2D eigenvalue weighted by atomic mass is 32.2. The fourth-order valence-corrected chi connectivity index (χ4v) is 13.9. The van der Waals surface area contributed by atoms with E-state index < -0.39 is 9.84 Å². The van der Waals surface area contributed by atoms with Crippen LogP contribution >= 0.6 is 0 Å². The summed E-state index contributed by atoms with van der Waals surface area (Å²) < 4.78 is 36.3. The second-order valence-corrected chi connectivity index (χ2v) is 47.4. The molecule has 8 aliphatic heterocycles. The molecule has 13 aliphatic rings. The number of ether oxygens (including phenoxy) is 3. The van der Waals surface area contributed by atoms with Crippen LogP contribution in [0.25, 0.3) is 0 Å². The van der Waals surface area contributed by atoms with Crippen molar-refractivity contribution in [3.8, 4) is 0 Å². The zero-order chi connectivity index (χ0) is 97.7. The molecule has 4 aromatic carbocycles. The van der Waals surface area contributed by atoms with E-state index in [1.165, 1.54) is 237 Å². The highest BCUT2D eigenvalue weighted by molar-refractivity contribution is 7.91. The van der Waals surface area contributed by atoms with Crippen LogP contribution in [0.15, 0.2) is 97.1 Å². The predicted octanol–water partition coefficient (Wildman–Crippen LogP) is 35.1. The molecular formula is C118H226N4O5S. The monoisotopic (exact) mass is 1810 g/mol. The van der Waals surface area contributed by atoms with Crippen LogP contribution in [-0.2, 0) is 69.5 Å². The summed E-state index contributed by atoms with van der Waals surface area (Å²) in [5.74, 6) is 10.0. The Hall–Kier alpha value is -3.61. The van der Waals surface area contributed by atoms with Gasteiger partial charge in [0.05, 0.1) is 37.9 Å². The number of benzene rings is 4. The zero-order valence-electron chi connectivity index (χ0n) is 92.0. The van der Waals surface area contributed by atoms with Crippen LogP contribution in [0, 0.1) is 75.9 Å². The van der Waals surface area contributed by atoms with Gasteiger partial charge in [-0.05, 0) is 200 Å². The number of hydrogen-bond donors (Lipinski definition) is 4.